The Hall–Kier alpha value is -1.03. The van der Waals surface area contributed by atoms with E-state index in [1.54, 1.807) is 6.20 Å². The Morgan fingerprint density at radius 1 is 1.44 bits per heavy atom. The van der Waals surface area contributed by atoms with E-state index in [1.165, 1.54) is 19.4 Å². The van der Waals surface area contributed by atoms with E-state index < -0.39 is 0 Å². The zero-order valence-corrected chi connectivity index (χ0v) is 10.3. The van der Waals surface area contributed by atoms with Crippen LogP contribution in [-0.4, -0.2) is 33.8 Å². The summed E-state index contributed by atoms with van der Waals surface area (Å²) in [5, 5.41) is 4.21. The van der Waals surface area contributed by atoms with Crippen LogP contribution in [0.25, 0.3) is 0 Å². The Morgan fingerprint density at radius 2 is 2.25 bits per heavy atom. The molecule has 1 aliphatic rings. The largest absolute Gasteiger partial charge is 0.396 e. The molecule has 0 aliphatic carbocycles. The van der Waals surface area contributed by atoms with Crippen molar-refractivity contribution in [1.82, 2.24) is 14.7 Å². The molecule has 2 atom stereocenters. The molecule has 90 valence electrons. The highest BCUT2D eigenvalue weighted by Crippen LogP contribution is 2.22. The van der Waals surface area contributed by atoms with E-state index in [0.29, 0.717) is 6.04 Å². The van der Waals surface area contributed by atoms with Crippen LogP contribution in [0.1, 0.15) is 26.7 Å². The van der Waals surface area contributed by atoms with Crippen molar-refractivity contribution in [2.24, 2.45) is 5.92 Å². The number of aromatic nitrogens is 2. The van der Waals surface area contributed by atoms with E-state index in [1.807, 2.05) is 10.9 Å². The summed E-state index contributed by atoms with van der Waals surface area (Å²) in [6, 6.07) is 0.696. The molecule has 0 spiro atoms. The van der Waals surface area contributed by atoms with E-state index in [-0.39, 0.29) is 0 Å². The maximum Gasteiger partial charge on any atom is 0.0719 e. The number of hydrogen-bond acceptors (Lipinski definition) is 3. The molecule has 0 radical (unpaired) electrons. The number of nitrogens with zero attached hydrogens (tertiary/aromatic N) is 3. The van der Waals surface area contributed by atoms with Crippen LogP contribution < -0.4 is 5.73 Å². The summed E-state index contributed by atoms with van der Waals surface area (Å²) >= 11 is 0. The van der Waals surface area contributed by atoms with E-state index in [2.05, 4.69) is 23.8 Å². The molecule has 1 fully saturated rings. The number of piperidine rings is 1. The molecule has 0 saturated carbocycles. The zero-order chi connectivity index (χ0) is 11.5. The van der Waals surface area contributed by atoms with Crippen LogP contribution in [0.4, 0.5) is 5.69 Å². The first-order valence-corrected chi connectivity index (χ1v) is 6.19. The summed E-state index contributed by atoms with van der Waals surface area (Å²) in [6.07, 6.45) is 6.30. The van der Waals surface area contributed by atoms with Gasteiger partial charge >= 0.3 is 0 Å². The van der Waals surface area contributed by atoms with Crippen molar-refractivity contribution >= 4 is 5.69 Å². The molecular formula is C12H22N4. The lowest BCUT2D eigenvalue weighted by atomic mass is 9.92. The molecule has 1 aromatic heterocycles. The van der Waals surface area contributed by atoms with Gasteiger partial charge < -0.3 is 5.73 Å². The maximum atomic E-state index is 5.64. The van der Waals surface area contributed by atoms with E-state index >= 15 is 0 Å². The van der Waals surface area contributed by atoms with Crippen molar-refractivity contribution in [3.63, 3.8) is 0 Å². The molecule has 4 nitrogen and oxygen atoms in total. The minimum Gasteiger partial charge on any atom is -0.396 e. The third kappa shape index (κ3) is 2.55. The first-order chi connectivity index (χ1) is 7.66. The van der Waals surface area contributed by atoms with Gasteiger partial charge in [-0.15, -0.1) is 0 Å². The molecule has 1 aromatic rings. The first kappa shape index (κ1) is 11.5. The van der Waals surface area contributed by atoms with Gasteiger partial charge in [0.1, 0.15) is 0 Å². The lowest BCUT2D eigenvalue weighted by Crippen LogP contribution is -2.43. The summed E-state index contributed by atoms with van der Waals surface area (Å²) < 4.78 is 1.93. The number of likely N-dealkylation sites (tertiary alicyclic amines) is 1. The number of hydrogen-bond donors (Lipinski definition) is 1. The SMILES string of the molecule is CC1CCCN(CCn2cc(N)cn2)C1C. The summed E-state index contributed by atoms with van der Waals surface area (Å²) in [6.45, 7) is 7.92. The summed E-state index contributed by atoms with van der Waals surface area (Å²) in [5.41, 5.74) is 6.39. The van der Waals surface area contributed by atoms with Crippen LogP contribution in [0.2, 0.25) is 0 Å². The zero-order valence-electron chi connectivity index (χ0n) is 10.3. The van der Waals surface area contributed by atoms with Crippen molar-refractivity contribution in [3.8, 4) is 0 Å². The molecule has 0 bridgehead atoms. The topological polar surface area (TPSA) is 47.1 Å². The van der Waals surface area contributed by atoms with Crippen molar-refractivity contribution in [2.75, 3.05) is 18.8 Å². The predicted octanol–water partition coefficient (Wildman–Crippen LogP) is 1.59. The summed E-state index contributed by atoms with van der Waals surface area (Å²) in [5.74, 6) is 0.816. The predicted molar refractivity (Wildman–Crippen MR) is 66.1 cm³/mol. The third-order valence-electron chi connectivity index (χ3n) is 3.77. The Labute approximate surface area is 97.4 Å². The average molecular weight is 222 g/mol. The Bertz CT molecular complexity index is 334. The molecule has 2 heterocycles. The standard InChI is InChI=1S/C12H22N4/c1-10-4-3-5-15(11(10)2)6-7-16-9-12(13)8-14-16/h8-11H,3-7,13H2,1-2H3. The molecule has 0 amide bonds. The fraction of sp³-hybridized carbons (Fsp3) is 0.750. The van der Waals surface area contributed by atoms with Crippen LogP contribution in [0.5, 0.6) is 0 Å². The Balaban J connectivity index is 1.85. The van der Waals surface area contributed by atoms with Crippen LogP contribution in [0, 0.1) is 5.92 Å². The number of nitrogen functional groups attached to an aromatic ring is 1. The summed E-state index contributed by atoms with van der Waals surface area (Å²) in [7, 11) is 0. The van der Waals surface area contributed by atoms with Gasteiger partial charge in [0.2, 0.25) is 0 Å². The summed E-state index contributed by atoms with van der Waals surface area (Å²) in [4.78, 5) is 2.56. The minimum absolute atomic E-state index is 0.696. The highest BCUT2D eigenvalue weighted by atomic mass is 15.3. The molecule has 4 heteroatoms. The van der Waals surface area contributed by atoms with E-state index in [0.717, 1.165) is 24.7 Å². The van der Waals surface area contributed by atoms with Gasteiger partial charge in [0.15, 0.2) is 0 Å². The minimum atomic E-state index is 0.696. The van der Waals surface area contributed by atoms with Crippen molar-refractivity contribution in [3.05, 3.63) is 12.4 Å². The Kier molecular flexibility index (Phi) is 3.49. The molecule has 1 aliphatic heterocycles. The maximum absolute atomic E-state index is 5.64. The fourth-order valence-electron chi connectivity index (χ4n) is 2.47. The highest BCUT2D eigenvalue weighted by Gasteiger charge is 2.23. The monoisotopic (exact) mass is 222 g/mol. The quantitative estimate of drug-likeness (QED) is 0.844. The molecular weight excluding hydrogens is 200 g/mol. The van der Waals surface area contributed by atoms with Gasteiger partial charge in [-0.05, 0) is 32.2 Å². The van der Waals surface area contributed by atoms with Gasteiger partial charge in [0.25, 0.3) is 0 Å². The second-order valence-corrected chi connectivity index (χ2v) is 4.93. The third-order valence-corrected chi connectivity index (χ3v) is 3.77. The van der Waals surface area contributed by atoms with Crippen molar-refractivity contribution < 1.29 is 0 Å². The molecule has 2 N–H and O–H groups in total. The van der Waals surface area contributed by atoms with Gasteiger partial charge in [-0.25, -0.2) is 0 Å². The molecule has 2 rings (SSSR count). The first-order valence-electron chi connectivity index (χ1n) is 6.19. The molecule has 0 aromatic carbocycles. The van der Waals surface area contributed by atoms with Gasteiger partial charge in [-0.2, -0.15) is 5.10 Å². The van der Waals surface area contributed by atoms with Crippen molar-refractivity contribution in [2.45, 2.75) is 39.3 Å². The number of rotatable bonds is 3. The van der Waals surface area contributed by atoms with Gasteiger partial charge in [0.05, 0.1) is 18.4 Å². The van der Waals surface area contributed by atoms with Gasteiger partial charge in [-0.3, -0.25) is 9.58 Å². The second-order valence-electron chi connectivity index (χ2n) is 4.93. The lowest BCUT2D eigenvalue weighted by Gasteiger charge is -2.37. The molecule has 16 heavy (non-hydrogen) atoms. The van der Waals surface area contributed by atoms with E-state index in [4.69, 9.17) is 5.73 Å². The van der Waals surface area contributed by atoms with Crippen LogP contribution >= 0.6 is 0 Å². The second kappa shape index (κ2) is 4.87. The molecule has 2 unspecified atom stereocenters. The van der Waals surface area contributed by atoms with Crippen LogP contribution in [0.3, 0.4) is 0 Å². The Morgan fingerprint density at radius 3 is 2.94 bits per heavy atom. The fourth-order valence-corrected chi connectivity index (χ4v) is 2.47. The van der Waals surface area contributed by atoms with E-state index in [9.17, 15) is 0 Å². The van der Waals surface area contributed by atoms with Crippen LogP contribution in [-0.2, 0) is 6.54 Å². The van der Waals surface area contributed by atoms with Crippen molar-refractivity contribution in [1.29, 1.82) is 0 Å². The highest BCUT2D eigenvalue weighted by molar-refractivity contribution is 5.30. The van der Waals surface area contributed by atoms with Gasteiger partial charge in [-0.1, -0.05) is 6.92 Å². The number of anilines is 1. The smallest absolute Gasteiger partial charge is 0.0719 e. The van der Waals surface area contributed by atoms with Gasteiger partial charge in [0, 0.05) is 18.8 Å². The molecule has 1 saturated heterocycles. The average Bonchev–Trinajstić information content (AvgIpc) is 2.67. The lowest BCUT2D eigenvalue weighted by molar-refractivity contribution is 0.108. The normalized spacial score (nSPS) is 27.1. The number of nitrogens with two attached hydrogens (primary N) is 1. The van der Waals surface area contributed by atoms with Crippen LogP contribution in [0.15, 0.2) is 12.4 Å².